The van der Waals surface area contributed by atoms with Crippen molar-refractivity contribution in [3.63, 3.8) is 0 Å². The van der Waals surface area contributed by atoms with Gasteiger partial charge in [0.1, 0.15) is 42.2 Å². The Hall–Kier alpha value is -3.38. The molecule has 214 valence electrons. The molecular weight excluding hydrogens is 572 g/mol. The topological polar surface area (TPSA) is 197 Å². The van der Waals surface area contributed by atoms with E-state index in [0.29, 0.717) is 0 Å². The largest absolute Gasteiger partial charge is 0.462 e. The van der Waals surface area contributed by atoms with Crippen molar-refractivity contribution in [3.05, 3.63) is 42.9 Å². The maximum Gasteiger partial charge on any atom is 0.459 e. The second kappa shape index (κ2) is 11.2. The number of carbonyl (C=O) groups is 1. The molecule has 4 N–H and O–H groups in total. The average molecular weight is 598 g/mol. The van der Waals surface area contributed by atoms with Crippen molar-refractivity contribution in [2.24, 2.45) is 0 Å². The van der Waals surface area contributed by atoms with E-state index in [4.69, 9.17) is 35.9 Å². The fourth-order valence-electron chi connectivity index (χ4n) is 3.86. The van der Waals surface area contributed by atoms with Gasteiger partial charge in [-0.05, 0) is 32.9 Å². The van der Waals surface area contributed by atoms with Crippen LogP contribution in [-0.4, -0.2) is 66.9 Å². The number of carbonyl (C=O) groups excluding carboxylic acids is 1. The minimum Gasteiger partial charge on any atom is -0.462 e. The number of alkyl halides is 2. The van der Waals surface area contributed by atoms with Crippen molar-refractivity contribution in [2.75, 3.05) is 12.3 Å². The highest BCUT2D eigenvalue weighted by atomic mass is 35.5. The molecule has 0 saturated carbocycles. The summed E-state index contributed by atoms with van der Waals surface area (Å²) in [6.45, 7) is 3.85. The highest BCUT2D eigenvalue weighted by Gasteiger charge is 2.70. The molecule has 40 heavy (non-hydrogen) atoms. The molecule has 1 saturated heterocycles. The smallest absolute Gasteiger partial charge is 0.459 e. The first-order valence-corrected chi connectivity index (χ1v) is 13.8. The molecule has 6 atom stereocenters. The fourth-order valence-corrected chi connectivity index (χ4v) is 5.67. The maximum atomic E-state index is 16.0. The second-order valence-electron chi connectivity index (χ2n) is 9.07. The van der Waals surface area contributed by atoms with Gasteiger partial charge in [-0.15, -0.1) is 0 Å². The minimum atomic E-state index is -4.42. The highest BCUT2D eigenvalue weighted by molar-refractivity contribution is 7.52. The molecule has 3 aromatic rings. The number of anilines is 1. The summed E-state index contributed by atoms with van der Waals surface area (Å²) in [6.07, 6.45) is -2.07. The van der Waals surface area contributed by atoms with E-state index in [2.05, 4.69) is 20.2 Å². The highest BCUT2D eigenvalue weighted by Crippen LogP contribution is 2.52. The number of esters is 1. The van der Waals surface area contributed by atoms with Gasteiger partial charge >= 0.3 is 19.4 Å². The molecule has 14 nitrogen and oxygen atoms in total. The van der Waals surface area contributed by atoms with E-state index in [0.717, 1.165) is 11.0 Å². The standard InChI is InChI=1S/C23H26ClFN7O7P/c1-13(2)37-21(34)14(3)31-40(35,39-15-7-5-4-6-8-15)36-10-17-18(33)23(24,25)22(11-26,38-17)32-20-16(9-30-32)19(27)28-12-29-20/h4-9,12-14,17-18,33H,10H2,1-3H3,(H,31,35)(H2,27,28,29)/t14-,17-,18-,22-,23-,40+/m1/s1. The Morgan fingerprint density at radius 3 is 2.73 bits per heavy atom. The number of aliphatic hydroxyl groups excluding tert-OH is 1. The summed E-state index contributed by atoms with van der Waals surface area (Å²) in [5, 5.41) is 24.1. The number of fused-ring (bicyclic) bond motifs is 1. The van der Waals surface area contributed by atoms with E-state index in [1.54, 1.807) is 38.1 Å². The van der Waals surface area contributed by atoms with Gasteiger partial charge in [-0.3, -0.25) is 9.32 Å². The van der Waals surface area contributed by atoms with E-state index >= 15 is 4.39 Å². The number of benzene rings is 1. The molecule has 2 aromatic heterocycles. The van der Waals surface area contributed by atoms with Gasteiger partial charge < -0.3 is 24.8 Å². The fraction of sp³-hybridized carbons (Fsp3) is 0.435. The van der Waals surface area contributed by atoms with Crippen LogP contribution >= 0.6 is 19.3 Å². The number of aromatic nitrogens is 4. The number of hydrogen-bond donors (Lipinski definition) is 3. The minimum absolute atomic E-state index is 0.00279. The van der Waals surface area contributed by atoms with Crippen LogP contribution in [0.25, 0.3) is 11.0 Å². The van der Waals surface area contributed by atoms with E-state index < -0.39 is 55.5 Å². The molecule has 3 heterocycles. The van der Waals surface area contributed by atoms with Crippen LogP contribution in [0.2, 0.25) is 0 Å². The summed E-state index contributed by atoms with van der Waals surface area (Å²) >= 11 is 6.09. The normalized spacial score (nSPS) is 26.8. The van der Waals surface area contributed by atoms with Crippen molar-refractivity contribution in [1.82, 2.24) is 24.8 Å². The summed E-state index contributed by atoms with van der Waals surface area (Å²) in [7, 11) is -4.42. The van der Waals surface area contributed by atoms with Crippen LogP contribution in [-0.2, 0) is 29.1 Å². The molecule has 0 radical (unpaired) electrons. The van der Waals surface area contributed by atoms with E-state index in [-0.39, 0.29) is 22.6 Å². The number of nitrogens with one attached hydrogen (secondary N) is 1. The zero-order chi connectivity index (χ0) is 29.3. The number of aliphatic hydroxyl groups is 1. The third kappa shape index (κ3) is 5.46. The van der Waals surface area contributed by atoms with Gasteiger partial charge in [0.15, 0.2) is 5.65 Å². The average Bonchev–Trinajstić information content (AvgIpc) is 3.41. The van der Waals surface area contributed by atoms with Gasteiger partial charge in [0.2, 0.25) is 0 Å². The lowest BCUT2D eigenvalue weighted by Gasteiger charge is -2.29. The Kier molecular flexibility index (Phi) is 8.32. The molecule has 4 rings (SSSR count). The zero-order valence-electron chi connectivity index (χ0n) is 21.5. The predicted molar refractivity (Wildman–Crippen MR) is 138 cm³/mol. The first-order valence-electron chi connectivity index (χ1n) is 11.9. The van der Waals surface area contributed by atoms with Crippen LogP contribution in [0.5, 0.6) is 5.75 Å². The van der Waals surface area contributed by atoms with Crippen LogP contribution < -0.4 is 15.3 Å². The van der Waals surface area contributed by atoms with Crippen LogP contribution in [0.1, 0.15) is 20.8 Å². The number of halogens is 2. The number of hydrogen-bond acceptors (Lipinski definition) is 12. The number of ether oxygens (including phenoxy) is 2. The molecule has 0 spiro atoms. The Morgan fingerprint density at radius 2 is 2.08 bits per heavy atom. The first-order chi connectivity index (χ1) is 18.8. The molecule has 17 heteroatoms. The monoisotopic (exact) mass is 597 g/mol. The predicted octanol–water partition coefficient (Wildman–Crippen LogP) is 2.38. The summed E-state index contributed by atoms with van der Waals surface area (Å²) in [4.78, 5) is 20.1. The molecule has 1 aromatic carbocycles. The van der Waals surface area contributed by atoms with Crippen molar-refractivity contribution >= 4 is 42.2 Å². The van der Waals surface area contributed by atoms with Gasteiger partial charge in [-0.25, -0.2) is 18.9 Å². The Labute approximate surface area is 232 Å². The second-order valence-corrected chi connectivity index (χ2v) is 11.3. The maximum absolute atomic E-state index is 16.0. The van der Waals surface area contributed by atoms with Gasteiger partial charge in [0.25, 0.3) is 5.13 Å². The van der Waals surface area contributed by atoms with Gasteiger partial charge in [-0.1, -0.05) is 29.8 Å². The van der Waals surface area contributed by atoms with Crippen LogP contribution in [0, 0.1) is 11.3 Å². The van der Waals surface area contributed by atoms with Crippen LogP contribution in [0.15, 0.2) is 42.9 Å². The van der Waals surface area contributed by atoms with Gasteiger partial charge in [0, 0.05) is 0 Å². The van der Waals surface area contributed by atoms with Crippen LogP contribution in [0.4, 0.5) is 10.2 Å². The lowest BCUT2D eigenvalue weighted by molar-refractivity contribution is -0.149. The van der Waals surface area contributed by atoms with Crippen molar-refractivity contribution in [1.29, 1.82) is 5.26 Å². The Balaban J connectivity index is 1.61. The molecule has 1 aliphatic heterocycles. The van der Waals surface area contributed by atoms with Gasteiger partial charge in [-0.2, -0.15) is 20.1 Å². The number of nitriles is 1. The quantitative estimate of drug-likeness (QED) is 0.175. The van der Waals surface area contributed by atoms with Gasteiger partial charge in [0.05, 0.1) is 24.3 Å². The molecule has 1 aliphatic rings. The SMILES string of the molecule is CC(C)OC(=O)[C@@H](C)N[P@](=O)(OC[C@H]1O[C@@](C#N)(n2ncc3c(N)ncnc32)[C@@](F)(Cl)[C@@H]1O)Oc1ccccc1. The Bertz CT molecular complexity index is 1470. The number of nitrogens with zero attached hydrogens (tertiary/aromatic N) is 5. The molecule has 1 fully saturated rings. The van der Waals surface area contributed by atoms with Crippen LogP contribution in [0.3, 0.4) is 0 Å². The van der Waals surface area contributed by atoms with Crippen molar-refractivity contribution in [3.8, 4) is 11.8 Å². The Morgan fingerprint density at radius 1 is 1.38 bits per heavy atom. The lowest BCUT2D eigenvalue weighted by Crippen LogP contribution is -2.50. The first kappa shape index (κ1) is 29.6. The summed E-state index contributed by atoms with van der Waals surface area (Å²) in [5.74, 6) is -0.636. The number of rotatable bonds is 10. The van der Waals surface area contributed by atoms with Crippen molar-refractivity contribution < 1.29 is 37.4 Å². The number of nitrogen functional groups attached to an aromatic ring is 1. The zero-order valence-corrected chi connectivity index (χ0v) is 23.1. The number of para-hydroxylation sites is 1. The van der Waals surface area contributed by atoms with E-state index in [9.17, 15) is 19.7 Å². The lowest BCUT2D eigenvalue weighted by atomic mass is 10.0. The number of nitrogens with two attached hydrogens (primary N) is 1. The van der Waals surface area contributed by atoms with E-state index in [1.807, 2.05) is 0 Å². The molecule has 0 bridgehead atoms. The summed E-state index contributed by atoms with van der Waals surface area (Å²) in [5.41, 5.74) is 2.96. The molecule has 0 amide bonds. The van der Waals surface area contributed by atoms with Crippen molar-refractivity contribution in [2.45, 2.75) is 56.0 Å². The third-order valence-electron chi connectivity index (χ3n) is 5.78. The third-order valence-corrected chi connectivity index (χ3v) is 7.90. The summed E-state index contributed by atoms with van der Waals surface area (Å²) < 4.78 is 52.2. The molecule has 0 unspecified atom stereocenters. The summed E-state index contributed by atoms with van der Waals surface area (Å²) in [6, 6.07) is 8.33. The molecular formula is C23H26ClFN7O7P. The van der Waals surface area contributed by atoms with E-state index in [1.165, 1.54) is 25.3 Å². The molecule has 0 aliphatic carbocycles.